The summed E-state index contributed by atoms with van der Waals surface area (Å²) >= 11 is 8.02. The van der Waals surface area contributed by atoms with Crippen molar-refractivity contribution in [2.75, 3.05) is 18.1 Å². The van der Waals surface area contributed by atoms with Gasteiger partial charge < -0.3 is 10.4 Å². The lowest BCUT2D eigenvalue weighted by atomic mass is 10.2. The number of hydrogen-bond donors (Lipinski definition) is 2. The van der Waals surface area contributed by atoms with Gasteiger partial charge in [-0.05, 0) is 11.6 Å². The first-order chi connectivity index (χ1) is 11.5. The van der Waals surface area contributed by atoms with Crippen molar-refractivity contribution in [1.82, 2.24) is 10.2 Å². The van der Waals surface area contributed by atoms with Gasteiger partial charge in [-0.25, -0.2) is 0 Å². The number of thioether (sulfide) groups is 2. The Balaban J connectivity index is 1.64. The minimum absolute atomic E-state index is 0.120. The van der Waals surface area contributed by atoms with Crippen LogP contribution in [0.3, 0.4) is 0 Å². The molecule has 5 nitrogen and oxygen atoms in total. The van der Waals surface area contributed by atoms with Gasteiger partial charge in [0.1, 0.15) is 10.9 Å². The van der Waals surface area contributed by atoms with Crippen molar-refractivity contribution in [1.29, 1.82) is 0 Å². The van der Waals surface area contributed by atoms with E-state index in [-0.39, 0.29) is 24.4 Å². The summed E-state index contributed by atoms with van der Waals surface area (Å²) < 4.78 is 0.374. The number of thiocarbonyl (C=S) groups is 1. The number of benzene rings is 1. The Morgan fingerprint density at radius 2 is 2.12 bits per heavy atom. The number of aliphatic hydroxyl groups is 1. The van der Waals surface area contributed by atoms with Crippen molar-refractivity contribution in [3.05, 3.63) is 40.8 Å². The molecule has 0 saturated carbocycles. The maximum atomic E-state index is 12.5. The Kier molecular flexibility index (Phi) is 5.60. The number of carbonyl (C=O) groups excluding carboxylic acids is 2. The summed E-state index contributed by atoms with van der Waals surface area (Å²) in [6.45, 7) is -0.120. The SMILES string of the molecule is O=C(CN1C(=O)/C(=C/c2ccccc2)SC1=S)N[C@@H]1CSC[C@@H]1O. The molecule has 0 aliphatic carbocycles. The molecular formula is C16H16N2O3S3. The van der Waals surface area contributed by atoms with Gasteiger partial charge in [0.05, 0.1) is 17.1 Å². The molecule has 0 aromatic heterocycles. The summed E-state index contributed by atoms with van der Waals surface area (Å²) in [4.78, 5) is 26.4. The fourth-order valence-corrected chi connectivity index (χ4v) is 4.84. The fraction of sp³-hybridized carbons (Fsp3) is 0.312. The number of nitrogens with zero attached hydrogens (tertiary/aromatic N) is 1. The van der Waals surface area contributed by atoms with Gasteiger partial charge in [0.15, 0.2) is 0 Å². The Hall–Kier alpha value is -1.35. The highest BCUT2D eigenvalue weighted by Gasteiger charge is 2.34. The third-order valence-electron chi connectivity index (χ3n) is 3.67. The second-order valence-electron chi connectivity index (χ2n) is 5.46. The second-order valence-corrected chi connectivity index (χ2v) is 8.21. The van der Waals surface area contributed by atoms with Crippen LogP contribution in [0.2, 0.25) is 0 Å². The lowest BCUT2D eigenvalue weighted by Crippen LogP contribution is -2.47. The molecule has 3 rings (SSSR count). The van der Waals surface area contributed by atoms with E-state index < -0.39 is 6.10 Å². The number of carbonyl (C=O) groups is 2. The molecule has 2 fully saturated rings. The van der Waals surface area contributed by atoms with Crippen LogP contribution in [-0.4, -0.2) is 56.3 Å². The largest absolute Gasteiger partial charge is 0.390 e. The van der Waals surface area contributed by atoms with E-state index in [1.54, 1.807) is 17.8 Å². The van der Waals surface area contributed by atoms with Crippen LogP contribution in [0.15, 0.2) is 35.2 Å². The van der Waals surface area contributed by atoms with Crippen LogP contribution in [0.4, 0.5) is 0 Å². The zero-order chi connectivity index (χ0) is 17.1. The van der Waals surface area contributed by atoms with E-state index in [4.69, 9.17) is 12.2 Å². The molecule has 1 aromatic carbocycles. The lowest BCUT2D eigenvalue weighted by molar-refractivity contribution is -0.129. The van der Waals surface area contributed by atoms with Crippen LogP contribution in [-0.2, 0) is 9.59 Å². The first kappa shape index (κ1) is 17.5. The van der Waals surface area contributed by atoms with E-state index in [9.17, 15) is 14.7 Å². The molecule has 2 amide bonds. The van der Waals surface area contributed by atoms with E-state index in [0.29, 0.717) is 20.7 Å². The third-order valence-corrected chi connectivity index (χ3v) is 6.22. The lowest BCUT2D eigenvalue weighted by Gasteiger charge is -2.18. The van der Waals surface area contributed by atoms with Crippen LogP contribution in [0.5, 0.6) is 0 Å². The van der Waals surface area contributed by atoms with Gasteiger partial charge in [0.25, 0.3) is 5.91 Å². The van der Waals surface area contributed by atoms with Crippen LogP contribution < -0.4 is 5.32 Å². The van der Waals surface area contributed by atoms with Crippen LogP contribution in [0, 0.1) is 0 Å². The summed E-state index contributed by atoms with van der Waals surface area (Å²) in [5.41, 5.74) is 0.911. The Morgan fingerprint density at radius 1 is 1.38 bits per heavy atom. The summed E-state index contributed by atoms with van der Waals surface area (Å²) in [5, 5.41) is 12.5. The Labute approximate surface area is 153 Å². The van der Waals surface area contributed by atoms with Gasteiger partial charge in [-0.2, -0.15) is 11.8 Å². The van der Waals surface area contributed by atoms with Crippen LogP contribution in [0.25, 0.3) is 6.08 Å². The van der Waals surface area contributed by atoms with Crippen molar-refractivity contribution in [2.45, 2.75) is 12.1 Å². The van der Waals surface area contributed by atoms with Gasteiger partial charge >= 0.3 is 0 Å². The monoisotopic (exact) mass is 380 g/mol. The second kappa shape index (κ2) is 7.69. The minimum Gasteiger partial charge on any atom is -0.390 e. The minimum atomic E-state index is -0.539. The average molecular weight is 381 g/mol. The molecule has 0 radical (unpaired) electrons. The number of rotatable bonds is 4. The normalized spacial score (nSPS) is 25.5. The first-order valence-electron chi connectivity index (χ1n) is 7.40. The smallest absolute Gasteiger partial charge is 0.266 e. The number of aliphatic hydroxyl groups excluding tert-OH is 1. The van der Waals surface area contributed by atoms with E-state index in [1.807, 2.05) is 30.3 Å². The molecule has 1 aromatic rings. The third kappa shape index (κ3) is 4.00. The van der Waals surface area contributed by atoms with Gasteiger partial charge in [0, 0.05) is 11.5 Å². The van der Waals surface area contributed by atoms with Gasteiger partial charge in [-0.3, -0.25) is 14.5 Å². The van der Waals surface area contributed by atoms with Gasteiger partial charge in [0.2, 0.25) is 5.91 Å². The molecule has 2 N–H and O–H groups in total. The quantitative estimate of drug-likeness (QED) is 0.609. The van der Waals surface area contributed by atoms with Gasteiger partial charge in [-0.15, -0.1) is 0 Å². The summed E-state index contributed by atoms with van der Waals surface area (Å²) in [5.74, 6) is 0.731. The molecule has 2 saturated heterocycles. The first-order valence-corrected chi connectivity index (χ1v) is 9.78. The molecule has 0 bridgehead atoms. The molecule has 2 aliphatic rings. The van der Waals surface area contributed by atoms with Crippen molar-refractivity contribution in [3.8, 4) is 0 Å². The summed E-state index contributed by atoms with van der Waals surface area (Å²) in [7, 11) is 0. The number of hydrogen-bond acceptors (Lipinski definition) is 6. The zero-order valence-corrected chi connectivity index (χ0v) is 15.1. The maximum Gasteiger partial charge on any atom is 0.266 e. The molecular weight excluding hydrogens is 364 g/mol. The van der Waals surface area contributed by atoms with E-state index in [0.717, 1.165) is 5.56 Å². The molecule has 2 aliphatic heterocycles. The average Bonchev–Trinajstić information content (AvgIpc) is 3.07. The Morgan fingerprint density at radius 3 is 2.79 bits per heavy atom. The molecule has 0 unspecified atom stereocenters. The highest BCUT2D eigenvalue weighted by Crippen LogP contribution is 2.32. The predicted molar refractivity (Wildman–Crippen MR) is 102 cm³/mol. The Bertz CT molecular complexity index is 693. The van der Waals surface area contributed by atoms with Crippen LogP contribution >= 0.6 is 35.7 Å². The van der Waals surface area contributed by atoms with Crippen molar-refractivity contribution < 1.29 is 14.7 Å². The molecule has 2 heterocycles. The van der Waals surface area contributed by atoms with Gasteiger partial charge in [-0.1, -0.05) is 54.3 Å². The number of amides is 2. The molecule has 24 heavy (non-hydrogen) atoms. The molecule has 2 atom stereocenters. The predicted octanol–water partition coefficient (Wildman–Crippen LogP) is 1.48. The van der Waals surface area contributed by atoms with Crippen molar-refractivity contribution in [3.63, 3.8) is 0 Å². The highest BCUT2D eigenvalue weighted by molar-refractivity contribution is 8.26. The molecule has 126 valence electrons. The van der Waals surface area contributed by atoms with Crippen LogP contribution in [0.1, 0.15) is 5.56 Å². The standard InChI is InChI=1S/C16H16N2O3S3/c19-12-9-23-8-11(12)17-14(20)7-18-15(21)13(24-16(18)22)6-10-4-2-1-3-5-10/h1-6,11-12,19H,7-9H2,(H,17,20)/b13-6-/t11-,12+/m1/s1. The van der Waals surface area contributed by atoms with Crippen molar-refractivity contribution >= 4 is 58.0 Å². The summed E-state index contributed by atoms with van der Waals surface area (Å²) in [6.07, 6.45) is 1.23. The maximum absolute atomic E-state index is 12.5. The summed E-state index contributed by atoms with van der Waals surface area (Å²) in [6, 6.07) is 9.23. The topological polar surface area (TPSA) is 69.6 Å². The van der Waals surface area contributed by atoms with E-state index >= 15 is 0 Å². The fourth-order valence-electron chi connectivity index (χ4n) is 2.41. The van der Waals surface area contributed by atoms with E-state index in [2.05, 4.69) is 5.32 Å². The zero-order valence-electron chi connectivity index (χ0n) is 12.7. The highest BCUT2D eigenvalue weighted by atomic mass is 32.2. The number of nitrogens with one attached hydrogen (secondary N) is 1. The molecule has 8 heteroatoms. The van der Waals surface area contributed by atoms with E-state index in [1.165, 1.54) is 16.7 Å². The molecule has 0 spiro atoms. The van der Waals surface area contributed by atoms with Crippen molar-refractivity contribution in [2.24, 2.45) is 0 Å².